The molecule has 0 aliphatic heterocycles. The van der Waals surface area contributed by atoms with Crippen LogP contribution in [0.25, 0.3) is 11.5 Å². The molecule has 2 aromatic rings. The third-order valence-corrected chi connectivity index (χ3v) is 2.76. The first-order valence-electron chi connectivity index (χ1n) is 3.09. The van der Waals surface area contributed by atoms with Crippen LogP contribution in [0.15, 0.2) is 19.8 Å². The van der Waals surface area contributed by atoms with Crippen LogP contribution in [0.2, 0.25) is 0 Å². The summed E-state index contributed by atoms with van der Waals surface area (Å²) in [6.45, 7) is 0. The Balaban J connectivity index is 2.43. The van der Waals surface area contributed by atoms with Crippen LogP contribution in [0.5, 0.6) is 0 Å². The smallest absolute Gasteiger partial charge is 0.261 e. The lowest BCUT2D eigenvalue weighted by Crippen LogP contribution is -1.84. The molecule has 2 aromatic heterocycles. The SMILES string of the molecule is Nc1noc(-c2csc(Br)c2)n1. The van der Waals surface area contributed by atoms with Crippen LogP contribution in [0, 0.1) is 0 Å². The van der Waals surface area contributed by atoms with Gasteiger partial charge in [0, 0.05) is 5.38 Å². The van der Waals surface area contributed by atoms with Gasteiger partial charge in [-0.3, -0.25) is 0 Å². The standard InChI is InChI=1S/C6H4BrN3OS/c7-4-1-3(2-12-4)5-9-6(8)10-11-5/h1-2H,(H2,8,10). The third kappa shape index (κ3) is 1.35. The van der Waals surface area contributed by atoms with Gasteiger partial charge in [-0.25, -0.2) is 0 Å². The molecule has 0 saturated heterocycles. The molecule has 2 heterocycles. The van der Waals surface area contributed by atoms with Gasteiger partial charge in [0.1, 0.15) is 0 Å². The summed E-state index contributed by atoms with van der Waals surface area (Å²) in [5.41, 5.74) is 6.18. The van der Waals surface area contributed by atoms with Crippen LogP contribution < -0.4 is 5.73 Å². The summed E-state index contributed by atoms with van der Waals surface area (Å²) >= 11 is 4.89. The first-order valence-corrected chi connectivity index (χ1v) is 4.76. The minimum atomic E-state index is 0.160. The van der Waals surface area contributed by atoms with Crippen LogP contribution in [-0.2, 0) is 0 Å². The van der Waals surface area contributed by atoms with Crippen molar-refractivity contribution in [3.8, 4) is 11.5 Å². The molecule has 0 spiro atoms. The monoisotopic (exact) mass is 245 g/mol. The Morgan fingerprint density at radius 2 is 2.42 bits per heavy atom. The fourth-order valence-electron chi connectivity index (χ4n) is 0.774. The van der Waals surface area contributed by atoms with E-state index in [1.165, 1.54) is 0 Å². The molecule has 0 amide bonds. The summed E-state index contributed by atoms with van der Waals surface area (Å²) < 4.78 is 5.89. The summed E-state index contributed by atoms with van der Waals surface area (Å²) in [6.07, 6.45) is 0. The van der Waals surface area contributed by atoms with Gasteiger partial charge in [-0.2, -0.15) is 4.98 Å². The largest absolute Gasteiger partial charge is 0.365 e. The Morgan fingerprint density at radius 1 is 1.58 bits per heavy atom. The minimum Gasteiger partial charge on any atom is -0.365 e. The van der Waals surface area contributed by atoms with E-state index >= 15 is 0 Å². The highest BCUT2D eigenvalue weighted by molar-refractivity contribution is 9.11. The summed E-state index contributed by atoms with van der Waals surface area (Å²) in [7, 11) is 0. The van der Waals surface area contributed by atoms with Crippen molar-refractivity contribution >= 4 is 33.2 Å². The van der Waals surface area contributed by atoms with Crippen molar-refractivity contribution in [1.82, 2.24) is 10.1 Å². The van der Waals surface area contributed by atoms with Crippen molar-refractivity contribution < 1.29 is 4.52 Å². The second-order valence-electron chi connectivity index (χ2n) is 2.10. The minimum absolute atomic E-state index is 0.160. The quantitative estimate of drug-likeness (QED) is 0.837. The van der Waals surface area contributed by atoms with E-state index in [1.54, 1.807) is 11.3 Å². The second-order valence-corrected chi connectivity index (χ2v) is 4.39. The summed E-state index contributed by atoms with van der Waals surface area (Å²) in [5, 5.41) is 5.40. The Labute approximate surface area is 80.5 Å². The van der Waals surface area contributed by atoms with Crippen molar-refractivity contribution in [3.63, 3.8) is 0 Å². The molecular formula is C6H4BrN3OS. The zero-order valence-electron chi connectivity index (χ0n) is 5.82. The molecule has 0 atom stereocenters. The van der Waals surface area contributed by atoms with Crippen LogP contribution in [0.4, 0.5) is 5.95 Å². The number of nitrogens with zero attached hydrogens (tertiary/aromatic N) is 2. The van der Waals surface area contributed by atoms with Crippen LogP contribution in [-0.4, -0.2) is 10.1 Å². The highest BCUT2D eigenvalue weighted by Crippen LogP contribution is 2.27. The van der Waals surface area contributed by atoms with Gasteiger partial charge in [-0.1, -0.05) is 0 Å². The molecular weight excluding hydrogens is 242 g/mol. The number of thiophene rings is 1. The van der Waals surface area contributed by atoms with Gasteiger partial charge in [0.15, 0.2) is 0 Å². The molecule has 0 radical (unpaired) electrons. The number of nitrogens with two attached hydrogens (primary N) is 1. The van der Waals surface area contributed by atoms with Crippen LogP contribution in [0.3, 0.4) is 0 Å². The topological polar surface area (TPSA) is 64.9 Å². The first-order chi connectivity index (χ1) is 5.75. The van der Waals surface area contributed by atoms with Gasteiger partial charge in [-0.15, -0.1) is 11.3 Å². The maximum absolute atomic E-state index is 5.30. The predicted octanol–water partition coefficient (Wildman–Crippen LogP) is 2.14. The number of hydrogen-bond donors (Lipinski definition) is 1. The van der Waals surface area contributed by atoms with Crippen molar-refractivity contribution in [2.75, 3.05) is 5.73 Å². The maximum Gasteiger partial charge on any atom is 0.261 e. The highest BCUT2D eigenvalue weighted by Gasteiger charge is 2.07. The molecule has 0 saturated carbocycles. The molecule has 6 heteroatoms. The molecule has 4 nitrogen and oxygen atoms in total. The highest BCUT2D eigenvalue weighted by atomic mass is 79.9. The maximum atomic E-state index is 5.30. The van der Waals surface area contributed by atoms with E-state index in [4.69, 9.17) is 10.3 Å². The fraction of sp³-hybridized carbons (Fsp3) is 0. The van der Waals surface area contributed by atoms with Gasteiger partial charge in [0.05, 0.1) is 9.35 Å². The van der Waals surface area contributed by atoms with Gasteiger partial charge >= 0.3 is 0 Å². The number of hydrogen-bond acceptors (Lipinski definition) is 5. The Bertz CT molecular complexity index is 359. The lowest BCUT2D eigenvalue weighted by molar-refractivity contribution is 0.433. The third-order valence-electron chi connectivity index (χ3n) is 1.26. The fourth-order valence-corrected chi connectivity index (χ4v) is 1.90. The van der Waals surface area contributed by atoms with E-state index in [9.17, 15) is 0 Å². The number of halogens is 1. The molecule has 2 rings (SSSR count). The number of rotatable bonds is 1. The summed E-state index contributed by atoms with van der Waals surface area (Å²) in [6, 6.07) is 1.90. The number of aromatic nitrogens is 2. The Kier molecular flexibility index (Phi) is 1.86. The van der Waals surface area contributed by atoms with Crippen molar-refractivity contribution in [2.24, 2.45) is 0 Å². The van der Waals surface area contributed by atoms with Crippen LogP contribution >= 0.6 is 27.3 Å². The average molecular weight is 246 g/mol. The van der Waals surface area contributed by atoms with Gasteiger partial charge in [0.2, 0.25) is 0 Å². The molecule has 0 aromatic carbocycles. The zero-order valence-corrected chi connectivity index (χ0v) is 8.22. The van der Waals surface area contributed by atoms with Crippen molar-refractivity contribution in [1.29, 1.82) is 0 Å². The normalized spacial score (nSPS) is 10.4. The Hall–Kier alpha value is -0.880. The molecule has 62 valence electrons. The molecule has 0 bridgehead atoms. The lowest BCUT2D eigenvalue weighted by Gasteiger charge is -1.81. The van der Waals surface area contributed by atoms with E-state index in [2.05, 4.69) is 26.1 Å². The lowest BCUT2D eigenvalue weighted by atomic mass is 10.3. The molecule has 0 aliphatic rings. The average Bonchev–Trinajstić information content (AvgIpc) is 2.58. The van der Waals surface area contributed by atoms with E-state index in [-0.39, 0.29) is 5.95 Å². The Morgan fingerprint density at radius 3 is 2.92 bits per heavy atom. The second kappa shape index (κ2) is 2.87. The number of nitrogen functional groups attached to an aromatic ring is 1. The summed E-state index contributed by atoms with van der Waals surface area (Å²) in [4.78, 5) is 3.88. The molecule has 12 heavy (non-hydrogen) atoms. The molecule has 2 N–H and O–H groups in total. The van der Waals surface area contributed by atoms with Gasteiger partial charge in [0.25, 0.3) is 11.8 Å². The van der Waals surface area contributed by atoms with Gasteiger partial charge in [-0.05, 0) is 27.2 Å². The zero-order chi connectivity index (χ0) is 8.55. The first kappa shape index (κ1) is 7.75. The van der Waals surface area contributed by atoms with E-state index in [0.717, 1.165) is 9.35 Å². The van der Waals surface area contributed by atoms with E-state index in [0.29, 0.717) is 5.89 Å². The molecule has 0 aliphatic carbocycles. The van der Waals surface area contributed by atoms with Gasteiger partial charge < -0.3 is 10.3 Å². The van der Waals surface area contributed by atoms with Crippen molar-refractivity contribution in [2.45, 2.75) is 0 Å². The predicted molar refractivity (Wildman–Crippen MR) is 49.7 cm³/mol. The molecule has 0 fully saturated rings. The number of anilines is 1. The van der Waals surface area contributed by atoms with Crippen molar-refractivity contribution in [3.05, 3.63) is 15.2 Å². The van der Waals surface area contributed by atoms with Crippen LogP contribution in [0.1, 0.15) is 0 Å². The summed E-state index contributed by atoms with van der Waals surface area (Å²) in [5.74, 6) is 0.613. The van der Waals surface area contributed by atoms with E-state index < -0.39 is 0 Å². The van der Waals surface area contributed by atoms with E-state index in [1.807, 2.05) is 11.4 Å². The molecule has 0 unspecified atom stereocenters.